The molecule has 0 saturated carbocycles. The quantitative estimate of drug-likeness (QED) is 0.425. The van der Waals surface area contributed by atoms with E-state index < -0.39 is 5.97 Å². The number of rotatable bonds is 3. The van der Waals surface area contributed by atoms with E-state index in [0.717, 1.165) is 5.46 Å². The molecule has 1 aromatic rings. The molecule has 0 amide bonds. The Morgan fingerprint density at radius 2 is 2.07 bits per heavy atom. The molecule has 0 atom stereocenters. The molecule has 4 heteroatoms. The average Bonchev–Trinajstić information content (AvgIpc) is 2.20. The highest BCUT2D eigenvalue weighted by Crippen LogP contribution is 1.94. The summed E-state index contributed by atoms with van der Waals surface area (Å²) in [5.41, 5.74) is 0.767. The first-order valence-corrected chi connectivity index (χ1v) is 4.09. The lowest BCUT2D eigenvalue weighted by molar-refractivity contribution is -0.132. The van der Waals surface area contributed by atoms with Gasteiger partial charge in [-0.2, -0.15) is 0 Å². The standard InChI is InChI=1S/C10H8BNO2/c1-12-9(10(13)14)7-11-8-5-3-2-4-6-8/h2-7,11H,(H,13,14). The number of hydrogen-bond donors (Lipinski definition) is 1. The number of benzene rings is 1. The van der Waals surface area contributed by atoms with Crippen molar-refractivity contribution in [3.05, 3.63) is 53.4 Å². The number of carbonyl (C=O) groups is 1. The van der Waals surface area contributed by atoms with E-state index in [1.54, 1.807) is 0 Å². The van der Waals surface area contributed by atoms with Crippen LogP contribution in [0.4, 0.5) is 0 Å². The summed E-state index contributed by atoms with van der Waals surface area (Å²) in [6.45, 7) is 6.63. The Morgan fingerprint density at radius 1 is 1.43 bits per heavy atom. The second-order valence-electron chi connectivity index (χ2n) is 2.70. The fourth-order valence-corrected chi connectivity index (χ4v) is 1.01. The van der Waals surface area contributed by atoms with Crippen molar-refractivity contribution in [2.75, 3.05) is 0 Å². The summed E-state index contributed by atoms with van der Waals surface area (Å²) in [5, 5.41) is 8.57. The van der Waals surface area contributed by atoms with Crippen molar-refractivity contribution < 1.29 is 9.90 Å². The SMILES string of the molecule is [C-]#[N+]C(=CBc1ccccc1)C(=O)O. The van der Waals surface area contributed by atoms with E-state index in [4.69, 9.17) is 11.7 Å². The van der Waals surface area contributed by atoms with Gasteiger partial charge >= 0.3 is 5.97 Å². The summed E-state index contributed by atoms with van der Waals surface area (Å²) in [7, 11) is 0.477. The molecule has 0 aliphatic rings. The lowest BCUT2D eigenvalue weighted by Gasteiger charge is -1.93. The molecule has 1 aromatic carbocycles. The van der Waals surface area contributed by atoms with Gasteiger partial charge in [0.2, 0.25) is 0 Å². The van der Waals surface area contributed by atoms with Crippen LogP contribution in [0.25, 0.3) is 4.85 Å². The van der Waals surface area contributed by atoms with Crippen LogP contribution in [0, 0.1) is 6.57 Å². The lowest BCUT2D eigenvalue weighted by Crippen LogP contribution is -2.12. The molecular formula is C10H8BNO2. The predicted molar refractivity (Wildman–Crippen MR) is 55.5 cm³/mol. The van der Waals surface area contributed by atoms with Crippen LogP contribution < -0.4 is 5.46 Å². The van der Waals surface area contributed by atoms with Gasteiger partial charge in [0.15, 0.2) is 7.28 Å². The van der Waals surface area contributed by atoms with Gasteiger partial charge in [0.1, 0.15) is 0 Å². The molecule has 68 valence electrons. The van der Waals surface area contributed by atoms with Crippen molar-refractivity contribution in [3.63, 3.8) is 0 Å². The normalized spacial score (nSPS) is 10.4. The summed E-state index contributed by atoms with van der Waals surface area (Å²) in [4.78, 5) is 13.4. The van der Waals surface area contributed by atoms with Gasteiger partial charge in [-0.15, -0.1) is 5.98 Å². The highest BCUT2D eigenvalue weighted by atomic mass is 16.4. The molecule has 0 aromatic heterocycles. The van der Waals surface area contributed by atoms with Crippen LogP contribution in [0.2, 0.25) is 0 Å². The average molecular weight is 185 g/mol. The molecular weight excluding hydrogens is 177 g/mol. The van der Waals surface area contributed by atoms with Crippen molar-refractivity contribution >= 4 is 18.7 Å². The third-order valence-corrected chi connectivity index (χ3v) is 1.71. The Hall–Kier alpha value is -2.02. The van der Waals surface area contributed by atoms with Gasteiger partial charge in [0, 0.05) is 0 Å². The van der Waals surface area contributed by atoms with Crippen LogP contribution in [0.1, 0.15) is 0 Å². The minimum Gasteiger partial charge on any atom is -0.486 e. The Bertz CT molecular complexity index is 392. The lowest BCUT2D eigenvalue weighted by atomic mass is 9.70. The van der Waals surface area contributed by atoms with Crippen LogP contribution >= 0.6 is 0 Å². The van der Waals surface area contributed by atoms with Gasteiger partial charge < -0.3 is 5.11 Å². The monoisotopic (exact) mass is 185 g/mol. The van der Waals surface area contributed by atoms with E-state index in [2.05, 4.69) is 4.85 Å². The molecule has 3 nitrogen and oxygen atoms in total. The van der Waals surface area contributed by atoms with E-state index >= 15 is 0 Å². The van der Waals surface area contributed by atoms with Crippen LogP contribution in [0.15, 0.2) is 42.0 Å². The maximum atomic E-state index is 10.5. The molecule has 0 spiro atoms. The van der Waals surface area contributed by atoms with Gasteiger partial charge in [0.25, 0.3) is 5.70 Å². The summed E-state index contributed by atoms with van der Waals surface area (Å²) in [5.74, 6) is 0.251. The zero-order chi connectivity index (χ0) is 10.4. The summed E-state index contributed by atoms with van der Waals surface area (Å²) < 4.78 is 0. The molecule has 1 N–H and O–H groups in total. The van der Waals surface area contributed by atoms with Gasteiger partial charge in [-0.1, -0.05) is 35.8 Å². The Balaban J connectivity index is 2.73. The van der Waals surface area contributed by atoms with Gasteiger partial charge in [-0.05, 0) is 0 Å². The highest BCUT2D eigenvalue weighted by molar-refractivity contribution is 6.59. The first-order valence-electron chi connectivity index (χ1n) is 4.09. The van der Waals surface area contributed by atoms with Gasteiger partial charge in [-0.25, -0.2) is 4.85 Å². The Morgan fingerprint density at radius 3 is 2.57 bits per heavy atom. The fraction of sp³-hybridized carbons (Fsp3) is 0. The molecule has 0 aliphatic carbocycles. The van der Waals surface area contributed by atoms with Crippen molar-refractivity contribution in [2.45, 2.75) is 0 Å². The van der Waals surface area contributed by atoms with Crippen molar-refractivity contribution in [2.24, 2.45) is 0 Å². The number of carboxylic acids is 1. The van der Waals surface area contributed by atoms with E-state index in [9.17, 15) is 4.79 Å². The highest BCUT2D eigenvalue weighted by Gasteiger charge is 2.05. The number of aliphatic carboxylic acids is 1. The van der Waals surface area contributed by atoms with E-state index in [0.29, 0.717) is 7.28 Å². The topological polar surface area (TPSA) is 41.7 Å². The zero-order valence-corrected chi connectivity index (χ0v) is 7.47. The third-order valence-electron chi connectivity index (χ3n) is 1.71. The molecule has 0 saturated heterocycles. The molecule has 1 rings (SSSR count). The molecule has 0 radical (unpaired) electrons. The Labute approximate surface area is 82.7 Å². The fourth-order valence-electron chi connectivity index (χ4n) is 1.01. The second kappa shape index (κ2) is 4.88. The summed E-state index contributed by atoms with van der Waals surface area (Å²) in [6.07, 6.45) is 0. The van der Waals surface area contributed by atoms with Crippen LogP contribution in [-0.4, -0.2) is 18.4 Å². The minimum atomic E-state index is -1.17. The van der Waals surface area contributed by atoms with Crippen LogP contribution in [-0.2, 0) is 4.79 Å². The van der Waals surface area contributed by atoms with Crippen molar-refractivity contribution in [1.82, 2.24) is 0 Å². The molecule has 14 heavy (non-hydrogen) atoms. The summed E-state index contributed by atoms with van der Waals surface area (Å²) >= 11 is 0. The van der Waals surface area contributed by atoms with Gasteiger partial charge in [0.05, 0.1) is 6.57 Å². The molecule has 0 heterocycles. The van der Waals surface area contributed by atoms with E-state index in [1.807, 2.05) is 30.3 Å². The molecule has 0 aliphatic heterocycles. The maximum Gasteiger partial charge on any atom is 0.332 e. The van der Waals surface area contributed by atoms with Crippen molar-refractivity contribution in [1.29, 1.82) is 0 Å². The second-order valence-corrected chi connectivity index (χ2v) is 2.70. The molecule has 0 bridgehead atoms. The molecule has 0 unspecified atom stereocenters. The Kier molecular flexibility index (Phi) is 3.51. The number of carboxylic acid groups (broad SMARTS) is 1. The van der Waals surface area contributed by atoms with Crippen molar-refractivity contribution in [3.8, 4) is 0 Å². The van der Waals surface area contributed by atoms with Gasteiger partial charge in [-0.3, -0.25) is 4.79 Å². The maximum absolute atomic E-state index is 10.5. The predicted octanol–water partition coefficient (Wildman–Crippen LogP) is 0.594. The van der Waals surface area contributed by atoms with Crippen LogP contribution in [0.5, 0.6) is 0 Å². The summed E-state index contributed by atoms with van der Waals surface area (Å²) in [6, 6.07) is 9.42. The first kappa shape index (κ1) is 10.1. The smallest absolute Gasteiger partial charge is 0.332 e. The molecule has 0 fully saturated rings. The first-order chi connectivity index (χ1) is 6.74. The zero-order valence-electron chi connectivity index (χ0n) is 7.47. The van der Waals surface area contributed by atoms with Crippen LogP contribution in [0.3, 0.4) is 0 Å². The number of hydrogen-bond acceptors (Lipinski definition) is 1. The third kappa shape index (κ3) is 2.79. The van der Waals surface area contributed by atoms with E-state index in [-0.39, 0.29) is 5.70 Å². The minimum absolute atomic E-state index is 0.228. The van der Waals surface area contributed by atoms with E-state index in [1.165, 1.54) is 5.98 Å². The largest absolute Gasteiger partial charge is 0.486 e. The number of nitrogens with zero attached hydrogens (tertiary/aromatic N) is 1.